The van der Waals surface area contributed by atoms with Gasteiger partial charge in [0.1, 0.15) is 0 Å². The van der Waals surface area contributed by atoms with Crippen molar-refractivity contribution in [3.05, 3.63) is 12.2 Å². The van der Waals surface area contributed by atoms with Gasteiger partial charge in [0.05, 0.1) is 0 Å². The Morgan fingerprint density at radius 1 is 1.28 bits per heavy atom. The lowest BCUT2D eigenvalue weighted by Crippen LogP contribution is -2.40. The minimum Gasteiger partial charge on any atom is -0.339 e. The zero-order valence-corrected chi connectivity index (χ0v) is 12.6. The molecule has 0 spiro atoms. The van der Waals surface area contributed by atoms with Crippen molar-refractivity contribution < 1.29 is 4.79 Å². The van der Waals surface area contributed by atoms with E-state index in [-0.39, 0.29) is 5.91 Å². The van der Waals surface area contributed by atoms with Gasteiger partial charge in [0.25, 0.3) is 0 Å². The molecule has 0 radical (unpaired) electrons. The first-order valence-corrected chi connectivity index (χ1v) is 6.91. The third-order valence-corrected chi connectivity index (χ3v) is 3.76. The summed E-state index contributed by atoms with van der Waals surface area (Å²) in [5, 5.41) is 0. The third kappa shape index (κ3) is 4.81. The minimum atomic E-state index is 0.171. The molecule has 0 aliphatic carbocycles. The molecule has 3 nitrogen and oxygen atoms in total. The van der Waals surface area contributed by atoms with Gasteiger partial charge in [-0.05, 0) is 38.3 Å². The van der Waals surface area contributed by atoms with Crippen LogP contribution in [0.5, 0.6) is 0 Å². The molecule has 1 rings (SSSR count). The average molecular weight is 252 g/mol. The summed E-state index contributed by atoms with van der Waals surface area (Å²) < 4.78 is 0. The number of nitrogens with zero attached hydrogens (tertiary/aromatic N) is 2. The number of piperidine rings is 1. The summed E-state index contributed by atoms with van der Waals surface area (Å²) in [4.78, 5) is 16.0. The lowest BCUT2D eigenvalue weighted by Gasteiger charge is -2.38. The SMILES string of the molecule is CN(C)C/C=C/C(=O)N1CCC(C(C)(C)C)CC1. The quantitative estimate of drug-likeness (QED) is 0.720. The summed E-state index contributed by atoms with van der Waals surface area (Å²) in [6.45, 7) is 9.54. The maximum absolute atomic E-state index is 12.0. The molecule has 0 saturated carbocycles. The van der Waals surface area contributed by atoms with Crippen LogP contribution in [0.2, 0.25) is 0 Å². The summed E-state index contributed by atoms with van der Waals surface area (Å²) in [5.74, 6) is 0.913. The van der Waals surface area contributed by atoms with Gasteiger partial charge in [-0.25, -0.2) is 0 Å². The minimum absolute atomic E-state index is 0.171. The van der Waals surface area contributed by atoms with Gasteiger partial charge in [-0.15, -0.1) is 0 Å². The predicted molar refractivity (Wildman–Crippen MR) is 76.5 cm³/mol. The molecule has 0 N–H and O–H groups in total. The van der Waals surface area contributed by atoms with Crippen molar-refractivity contribution in [2.45, 2.75) is 33.6 Å². The normalized spacial score (nSPS) is 18.9. The molecule has 1 amide bonds. The Hall–Kier alpha value is -0.830. The molecule has 0 aromatic carbocycles. The predicted octanol–water partition coefficient (Wildman–Crippen LogP) is 2.39. The highest BCUT2D eigenvalue weighted by Crippen LogP contribution is 2.34. The second-order valence-electron chi connectivity index (χ2n) is 6.63. The molecule has 1 saturated heterocycles. The summed E-state index contributed by atoms with van der Waals surface area (Å²) >= 11 is 0. The van der Waals surface area contributed by atoms with Crippen LogP contribution in [0.25, 0.3) is 0 Å². The molecule has 0 aromatic rings. The molecular formula is C15H28N2O. The van der Waals surface area contributed by atoms with E-state index in [4.69, 9.17) is 0 Å². The van der Waals surface area contributed by atoms with Crippen LogP contribution in [0.1, 0.15) is 33.6 Å². The molecule has 1 heterocycles. The van der Waals surface area contributed by atoms with E-state index in [0.717, 1.165) is 38.4 Å². The lowest BCUT2D eigenvalue weighted by atomic mass is 9.75. The van der Waals surface area contributed by atoms with E-state index in [1.54, 1.807) is 6.08 Å². The average Bonchev–Trinajstić information content (AvgIpc) is 2.27. The topological polar surface area (TPSA) is 23.6 Å². The Morgan fingerprint density at radius 2 is 1.83 bits per heavy atom. The standard InChI is InChI=1S/C15H28N2O/c1-15(2,3)13-8-11-17(12-9-13)14(18)7-6-10-16(4)5/h6-7,13H,8-12H2,1-5H3/b7-6+. The van der Waals surface area contributed by atoms with Crippen molar-refractivity contribution in [3.63, 3.8) is 0 Å². The Bertz CT molecular complexity index is 294. The number of likely N-dealkylation sites (tertiary alicyclic amines) is 1. The molecule has 3 heteroatoms. The fourth-order valence-corrected chi connectivity index (χ4v) is 2.44. The fraction of sp³-hybridized carbons (Fsp3) is 0.800. The summed E-state index contributed by atoms with van der Waals surface area (Å²) in [7, 11) is 4.01. The maximum Gasteiger partial charge on any atom is 0.246 e. The highest BCUT2D eigenvalue weighted by molar-refractivity contribution is 5.87. The van der Waals surface area contributed by atoms with E-state index in [1.807, 2.05) is 25.1 Å². The first-order chi connectivity index (χ1) is 8.30. The molecule has 0 atom stereocenters. The van der Waals surface area contributed by atoms with Crippen LogP contribution in [-0.2, 0) is 4.79 Å². The van der Waals surface area contributed by atoms with Gasteiger partial charge in [0.15, 0.2) is 0 Å². The van der Waals surface area contributed by atoms with E-state index in [0.29, 0.717) is 5.41 Å². The monoisotopic (exact) mass is 252 g/mol. The van der Waals surface area contributed by atoms with E-state index in [1.165, 1.54) is 0 Å². The molecule has 1 aliphatic heterocycles. The van der Waals surface area contributed by atoms with Crippen molar-refractivity contribution in [2.24, 2.45) is 11.3 Å². The fourth-order valence-electron chi connectivity index (χ4n) is 2.44. The first-order valence-electron chi connectivity index (χ1n) is 6.91. The van der Waals surface area contributed by atoms with Gasteiger partial charge in [-0.2, -0.15) is 0 Å². The van der Waals surface area contributed by atoms with Gasteiger partial charge in [-0.3, -0.25) is 4.79 Å². The molecule has 18 heavy (non-hydrogen) atoms. The summed E-state index contributed by atoms with van der Waals surface area (Å²) in [5.41, 5.74) is 0.371. The smallest absolute Gasteiger partial charge is 0.246 e. The number of amides is 1. The van der Waals surface area contributed by atoms with E-state index in [9.17, 15) is 4.79 Å². The molecular weight excluding hydrogens is 224 g/mol. The van der Waals surface area contributed by atoms with Crippen LogP contribution in [0.4, 0.5) is 0 Å². The van der Waals surface area contributed by atoms with Gasteiger partial charge in [-0.1, -0.05) is 26.8 Å². The zero-order chi connectivity index (χ0) is 13.8. The second kappa shape index (κ2) is 6.37. The van der Waals surface area contributed by atoms with E-state index >= 15 is 0 Å². The van der Waals surface area contributed by atoms with E-state index < -0.39 is 0 Å². The molecule has 1 fully saturated rings. The van der Waals surface area contributed by atoms with Crippen molar-refractivity contribution in [1.82, 2.24) is 9.80 Å². The number of hydrogen-bond acceptors (Lipinski definition) is 2. The van der Waals surface area contributed by atoms with Crippen LogP contribution in [-0.4, -0.2) is 49.4 Å². The van der Waals surface area contributed by atoms with Crippen molar-refractivity contribution in [2.75, 3.05) is 33.7 Å². The van der Waals surface area contributed by atoms with Crippen molar-refractivity contribution >= 4 is 5.91 Å². The number of carbonyl (C=O) groups is 1. The van der Waals surface area contributed by atoms with Crippen LogP contribution < -0.4 is 0 Å². The van der Waals surface area contributed by atoms with Crippen molar-refractivity contribution in [1.29, 1.82) is 0 Å². The third-order valence-electron chi connectivity index (χ3n) is 3.76. The van der Waals surface area contributed by atoms with Crippen LogP contribution in [0.3, 0.4) is 0 Å². The molecule has 0 aromatic heterocycles. The largest absolute Gasteiger partial charge is 0.339 e. The lowest BCUT2D eigenvalue weighted by molar-refractivity contribution is -0.127. The Morgan fingerprint density at radius 3 is 2.28 bits per heavy atom. The Balaban J connectivity index is 2.39. The van der Waals surface area contributed by atoms with Crippen molar-refractivity contribution in [3.8, 4) is 0 Å². The Labute approximate surface area is 112 Å². The molecule has 0 unspecified atom stereocenters. The highest BCUT2D eigenvalue weighted by atomic mass is 16.2. The molecule has 104 valence electrons. The molecule has 1 aliphatic rings. The van der Waals surface area contributed by atoms with Gasteiger partial charge in [0.2, 0.25) is 5.91 Å². The van der Waals surface area contributed by atoms with Gasteiger partial charge >= 0.3 is 0 Å². The van der Waals surface area contributed by atoms with Gasteiger partial charge in [0, 0.05) is 25.7 Å². The Kier molecular flexibility index (Phi) is 5.39. The second-order valence-corrected chi connectivity index (χ2v) is 6.63. The molecule has 0 bridgehead atoms. The van der Waals surface area contributed by atoms with E-state index in [2.05, 4.69) is 25.7 Å². The number of rotatable bonds is 3. The zero-order valence-electron chi connectivity index (χ0n) is 12.6. The van der Waals surface area contributed by atoms with Crippen LogP contribution >= 0.6 is 0 Å². The number of likely N-dealkylation sites (N-methyl/N-ethyl adjacent to an activating group) is 1. The highest BCUT2D eigenvalue weighted by Gasteiger charge is 2.29. The van der Waals surface area contributed by atoms with Crippen LogP contribution in [0.15, 0.2) is 12.2 Å². The van der Waals surface area contributed by atoms with Crippen LogP contribution in [0, 0.1) is 11.3 Å². The summed E-state index contributed by atoms with van der Waals surface area (Å²) in [6, 6.07) is 0. The summed E-state index contributed by atoms with van der Waals surface area (Å²) in [6.07, 6.45) is 5.93. The first kappa shape index (κ1) is 15.2. The number of carbonyl (C=O) groups excluding carboxylic acids is 1. The number of hydrogen-bond donors (Lipinski definition) is 0. The van der Waals surface area contributed by atoms with Gasteiger partial charge < -0.3 is 9.80 Å². The maximum atomic E-state index is 12.0.